The van der Waals surface area contributed by atoms with Crippen molar-refractivity contribution in [2.75, 3.05) is 6.61 Å². The van der Waals surface area contributed by atoms with E-state index in [-0.39, 0.29) is 24.6 Å². The molecule has 21 heavy (non-hydrogen) atoms. The van der Waals surface area contributed by atoms with Gasteiger partial charge in [-0.3, -0.25) is 5.32 Å². The van der Waals surface area contributed by atoms with Crippen LogP contribution in [0.5, 0.6) is 0 Å². The standard InChI is InChI=1S/C18H18N2O/c1-12-2-4-13(5-3-12)14-6-8-15(9-7-14)18-16(10-19)20-17(18)11-21/h2-9,16-18,20-21H,11H2,1H3/t16-,17-,18-/m0/s1. The third-order valence-electron chi connectivity index (χ3n) is 4.20. The van der Waals surface area contributed by atoms with E-state index in [0.29, 0.717) is 0 Å². The van der Waals surface area contributed by atoms with Gasteiger partial charge in [-0.25, -0.2) is 0 Å². The average molecular weight is 278 g/mol. The van der Waals surface area contributed by atoms with E-state index >= 15 is 0 Å². The van der Waals surface area contributed by atoms with E-state index in [1.54, 1.807) is 0 Å². The average Bonchev–Trinajstić information content (AvgIpc) is 2.49. The largest absolute Gasteiger partial charge is 0.395 e. The summed E-state index contributed by atoms with van der Waals surface area (Å²) in [4.78, 5) is 0. The summed E-state index contributed by atoms with van der Waals surface area (Å²) in [5, 5.41) is 21.5. The first-order chi connectivity index (χ1) is 10.2. The van der Waals surface area contributed by atoms with Gasteiger partial charge in [0, 0.05) is 12.0 Å². The van der Waals surface area contributed by atoms with Gasteiger partial charge < -0.3 is 5.11 Å². The van der Waals surface area contributed by atoms with Crippen molar-refractivity contribution in [1.82, 2.24) is 5.32 Å². The highest BCUT2D eigenvalue weighted by Gasteiger charge is 2.40. The summed E-state index contributed by atoms with van der Waals surface area (Å²) in [6.45, 7) is 2.14. The van der Waals surface area contributed by atoms with Crippen molar-refractivity contribution in [3.63, 3.8) is 0 Å². The van der Waals surface area contributed by atoms with Gasteiger partial charge in [0.1, 0.15) is 6.04 Å². The maximum absolute atomic E-state index is 9.32. The molecule has 3 nitrogen and oxygen atoms in total. The molecule has 3 rings (SSSR count). The molecule has 1 heterocycles. The minimum Gasteiger partial charge on any atom is -0.395 e. The first-order valence-electron chi connectivity index (χ1n) is 7.16. The smallest absolute Gasteiger partial charge is 0.104 e. The Hall–Kier alpha value is -2.15. The van der Waals surface area contributed by atoms with E-state index in [1.165, 1.54) is 16.7 Å². The highest BCUT2D eigenvalue weighted by Crippen LogP contribution is 2.33. The van der Waals surface area contributed by atoms with E-state index in [9.17, 15) is 5.11 Å². The quantitative estimate of drug-likeness (QED) is 0.907. The Morgan fingerprint density at radius 3 is 2.14 bits per heavy atom. The molecule has 3 heteroatoms. The summed E-state index contributed by atoms with van der Waals surface area (Å²) < 4.78 is 0. The molecule has 2 N–H and O–H groups in total. The molecule has 1 fully saturated rings. The molecule has 0 bridgehead atoms. The SMILES string of the molecule is Cc1ccc(-c2ccc([C@H]3[C@H](C#N)N[C@H]3CO)cc2)cc1. The van der Waals surface area contributed by atoms with Crippen LogP contribution in [0.25, 0.3) is 11.1 Å². The molecule has 0 spiro atoms. The van der Waals surface area contributed by atoms with Crippen LogP contribution in [0, 0.1) is 18.3 Å². The Morgan fingerprint density at radius 2 is 1.62 bits per heavy atom. The second-order valence-electron chi connectivity index (χ2n) is 5.58. The summed E-state index contributed by atoms with van der Waals surface area (Å²) in [5.74, 6) is 0.0760. The number of hydrogen-bond acceptors (Lipinski definition) is 3. The lowest BCUT2D eigenvalue weighted by Crippen LogP contribution is -2.60. The Bertz CT molecular complexity index is 655. The number of aliphatic hydroxyl groups is 1. The lowest BCUT2D eigenvalue weighted by atomic mass is 9.78. The number of nitrogens with zero attached hydrogens (tertiary/aromatic N) is 1. The molecule has 0 saturated carbocycles. The van der Waals surface area contributed by atoms with Crippen molar-refractivity contribution in [1.29, 1.82) is 5.26 Å². The first kappa shape index (κ1) is 13.8. The second-order valence-corrected chi connectivity index (χ2v) is 5.58. The van der Waals surface area contributed by atoms with Gasteiger partial charge in [-0.1, -0.05) is 54.1 Å². The van der Waals surface area contributed by atoms with Crippen LogP contribution in [0.3, 0.4) is 0 Å². The number of nitriles is 1. The topological polar surface area (TPSA) is 56.0 Å². The number of hydrogen-bond donors (Lipinski definition) is 2. The Kier molecular flexibility index (Phi) is 3.74. The van der Waals surface area contributed by atoms with Crippen molar-refractivity contribution in [2.45, 2.75) is 24.9 Å². The first-order valence-corrected chi connectivity index (χ1v) is 7.16. The fraction of sp³-hybridized carbons (Fsp3) is 0.278. The number of nitrogens with one attached hydrogen (secondary N) is 1. The summed E-state index contributed by atoms with van der Waals surface area (Å²) in [7, 11) is 0. The molecule has 0 unspecified atom stereocenters. The maximum atomic E-state index is 9.32. The lowest BCUT2D eigenvalue weighted by molar-refractivity contribution is 0.151. The predicted octanol–water partition coefficient (Wildman–Crippen LogP) is 2.60. The van der Waals surface area contributed by atoms with E-state index in [2.05, 4.69) is 66.8 Å². The van der Waals surface area contributed by atoms with Crippen molar-refractivity contribution in [3.05, 3.63) is 59.7 Å². The monoisotopic (exact) mass is 278 g/mol. The van der Waals surface area contributed by atoms with Crippen molar-refractivity contribution in [3.8, 4) is 17.2 Å². The van der Waals surface area contributed by atoms with Crippen LogP contribution in [0.15, 0.2) is 48.5 Å². The molecule has 0 aliphatic carbocycles. The van der Waals surface area contributed by atoms with Crippen LogP contribution in [-0.4, -0.2) is 23.8 Å². The summed E-state index contributed by atoms with van der Waals surface area (Å²) >= 11 is 0. The molecule has 0 radical (unpaired) electrons. The van der Waals surface area contributed by atoms with E-state index in [0.717, 1.165) is 5.56 Å². The van der Waals surface area contributed by atoms with E-state index < -0.39 is 0 Å². The third kappa shape index (κ3) is 2.56. The molecule has 1 saturated heterocycles. The molecule has 106 valence electrons. The van der Waals surface area contributed by atoms with E-state index in [4.69, 9.17) is 5.26 Å². The number of benzene rings is 2. The van der Waals surface area contributed by atoms with Gasteiger partial charge in [0.15, 0.2) is 0 Å². The van der Waals surface area contributed by atoms with Crippen LogP contribution in [0.4, 0.5) is 0 Å². The maximum Gasteiger partial charge on any atom is 0.104 e. The van der Waals surface area contributed by atoms with Crippen molar-refractivity contribution < 1.29 is 5.11 Å². The van der Waals surface area contributed by atoms with Gasteiger partial charge in [-0.05, 0) is 23.6 Å². The van der Waals surface area contributed by atoms with Crippen molar-refractivity contribution >= 4 is 0 Å². The molecule has 0 amide bonds. The zero-order chi connectivity index (χ0) is 14.8. The molecule has 3 atom stereocenters. The molecular weight excluding hydrogens is 260 g/mol. The van der Waals surface area contributed by atoms with Crippen molar-refractivity contribution in [2.24, 2.45) is 0 Å². The van der Waals surface area contributed by atoms with Crippen LogP contribution >= 0.6 is 0 Å². The number of aryl methyl sites for hydroxylation is 1. The number of aliphatic hydroxyl groups excluding tert-OH is 1. The molecular formula is C18H18N2O. The van der Waals surface area contributed by atoms with Crippen LogP contribution in [0.1, 0.15) is 17.0 Å². The van der Waals surface area contributed by atoms with Gasteiger partial charge >= 0.3 is 0 Å². The molecule has 1 aliphatic rings. The summed E-state index contributed by atoms with van der Waals surface area (Å²) in [5.41, 5.74) is 4.71. The zero-order valence-electron chi connectivity index (χ0n) is 12.0. The van der Waals surface area contributed by atoms with E-state index in [1.807, 2.05) is 0 Å². The highest BCUT2D eigenvalue weighted by molar-refractivity contribution is 5.64. The summed E-state index contributed by atoms with van der Waals surface area (Å²) in [6.07, 6.45) is 0. The van der Waals surface area contributed by atoms with Gasteiger partial charge in [-0.15, -0.1) is 0 Å². The summed E-state index contributed by atoms with van der Waals surface area (Å²) in [6, 6.07) is 18.8. The molecule has 0 aromatic heterocycles. The molecule has 2 aromatic carbocycles. The zero-order valence-corrected chi connectivity index (χ0v) is 12.0. The van der Waals surface area contributed by atoms with Crippen LogP contribution in [0.2, 0.25) is 0 Å². The van der Waals surface area contributed by atoms with Gasteiger partial charge in [-0.2, -0.15) is 5.26 Å². The minimum absolute atomic E-state index is 0.0140. The minimum atomic E-state index is -0.202. The fourth-order valence-electron chi connectivity index (χ4n) is 2.90. The number of rotatable bonds is 3. The van der Waals surface area contributed by atoms with Crippen LogP contribution in [-0.2, 0) is 0 Å². The predicted molar refractivity (Wildman–Crippen MR) is 82.8 cm³/mol. The van der Waals surface area contributed by atoms with Gasteiger partial charge in [0.05, 0.1) is 12.7 Å². The Labute approximate surface area is 124 Å². The Balaban J connectivity index is 1.84. The van der Waals surface area contributed by atoms with Gasteiger partial charge in [0.2, 0.25) is 0 Å². The second kappa shape index (κ2) is 5.69. The highest BCUT2D eigenvalue weighted by atomic mass is 16.3. The lowest BCUT2D eigenvalue weighted by Gasteiger charge is -2.41. The normalized spacial score (nSPS) is 24.1. The molecule has 2 aromatic rings. The third-order valence-corrected chi connectivity index (χ3v) is 4.20. The van der Waals surface area contributed by atoms with Gasteiger partial charge in [0.25, 0.3) is 0 Å². The van der Waals surface area contributed by atoms with Crippen LogP contribution < -0.4 is 5.32 Å². The Morgan fingerprint density at radius 1 is 1.05 bits per heavy atom. The molecule has 1 aliphatic heterocycles. The fourth-order valence-corrected chi connectivity index (χ4v) is 2.90.